The minimum atomic E-state index is -0.0345. The average molecular weight is 278 g/mol. The fourth-order valence-corrected chi connectivity index (χ4v) is 2.91. The molecule has 0 bridgehead atoms. The van der Waals surface area contributed by atoms with Crippen LogP contribution in [0, 0.1) is 0 Å². The summed E-state index contributed by atoms with van der Waals surface area (Å²) in [6.07, 6.45) is 1.92. The van der Waals surface area contributed by atoms with E-state index in [0.29, 0.717) is 0 Å². The average Bonchev–Trinajstić information content (AvgIpc) is 2.70. The summed E-state index contributed by atoms with van der Waals surface area (Å²) in [6.45, 7) is 4.47. The van der Waals surface area contributed by atoms with Gasteiger partial charge in [0.25, 0.3) is 0 Å². The van der Waals surface area contributed by atoms with Crippen LogP contribution in [0.4, 0.5) is 11.4 Å². The number of para-hydroxylation sites is 2. The molecule has 2 aromatic carbocycles. The van der Waals surface area contributed by atoms with Gasteiger partial charge < -0.3 is 0 Å². The number of benzene rings is 2. The topological polar surface area (TPSA) is 27.4 Å². The van der Waals surface area contributed by atoms with E-state index in [1.807, 2.05) is 36.5 Å². The second-order valence-corrected chi connectivity index (χ2v) is 5.82. The van der Waals surface area contributed by atoms with E-state index in [4.69, 9.17) is 0 Å². The number of hydrogen-bond acceptors (Lipinski definition) is 2. The predicted octanol–water partition coefficient (Wildman–Crippen LogP) is 3.79. The van der Waals surface area contributed by atoms with Crippen LogP contribution in [0.3, 0.4) is 0 Å². The number of hydrogen-bond donors (Lipinski definition) is 1. The van der Waals surface area contributed by atoms with E-state index in [2.05, 4.69) is 60.3 Å². The molecule has 1 N–H and O–H groups in total. The summed E-state index contributed by atoms with van der Waals surface area (Å²) in [7, 11) is 2.09. The van der Waals surface area contributed by atoms with Crippen molar-refractivity contribution in [3.63, 3.8) is 0 Å². The summed E-state index contributed by atoms with van der Waals surface area (Å²) in [4.78, 5) is 0. The first kappa shape index (κ1) is 13.6. The number of fused-ring (bicyclic) bond motifs is 1. The fourth-order valence-electron chi connectivity index (χ4n) is 2.91. The largest absolute Gasteiger partial charge is 0.278 e. The van der Waals surface area contributed by atoms with E-state index in [-0.39, 0.29) is 5.41 Å². The Morgan fingerprint density at radius 3 is 2.38 bits per heavy atom. The minimum absolute atomic E-state index is 0.0345. The van der Waals surface area contributed by atoms with Gasteiger partial charge in [-0.1, -0.05) is 36.4 Å². The molecule has 0 aliphatic carbocycles. The highest BCUT2D eigenvalue weighted by Gasteiger charge is 2.43. The van der Waals surface area contributed by atoms with Crippen molar-refractivity contribution in [3.8, 4) is 0 Å². The van der Waals surface area contributed by atoms with E-state index >= 15 is 0 Å². The van der Waals surface area contributed by atoms with Crippen LogP contribution in [-0.2, 0) is 5.41 Å². The molecule has 1 aliphatic rings. The van der Waals surface area contributed by atoms with Gasteiger partial charge in [0.2, 0.25) is 11.4 Å². The highest BCUT2D eigenvalue weighted by molar-refractivity contribution is 6.33. The zero-order chi connectivity index (χ0) is 14.9. The lowest BCUT2D eigenvalue weighted by molar-refractivity contribution is -0.400. The number of rotatable bonds is 3. The number of nitrogens with zero attached hydrogens (tertiary/aromatic N) is 2. The zero-order valence-electron chi connectivity index (χ0n) is 12.7. The van der Waals surface area contributed by atoms with E-state index in [1.54, 1.807) is 0 Å². The van der Waals surface area contributed by atoms with Crippen molar-refractivity contribution in [2.45, 2.75) is 19.3 Å². The third-order valence-electron chi connectivity index (χ3n) is 4.09. The summed E-state index contributed by atoms with van der Waals surface area (Å²) < 4.78 is 2.21. The van der Waals surface area contributed by atoms with Crippen LogP contribution in [0.15, 0.2) is 59.7 Å². The molecule has 106 valence electrons. The third-order valence-corrected chi connectivity index (χ3v) is 4.09. The first-order chi connectivity index (χ1) is 10.1. The van der Waals surface area contributed by atoms with Crippen molar-refractivity contribution < 1.29 is 4.58 Å². The maximum absolute atomic E-state index is 4.40. The molecule has 0 aromatic heterocycles. The molecule has 21 heavy (non-hydrogen) atoms. The quantitative estimate of drug-likeness (QED) is 0.516. The van der Waals surface area contributed by atoms with Crippen LogP contribution in [0.2, 0.25) is 0 Å². The van der Waals surface area contributed by atoms with Gasteiger partial charge in [-0.15, -0.1) is 0 Å². The van der Waals surface area contributed by atoms with Crippen molar-refractivity contribution in [3.05, 3.63) is 60.2 Å². The van der Waals surface area contributed by atoms with Crippen LogP contribution in [0.5, 0.6) is 0 Å². The second kappa shape index (κ2) is 5.17. The summed E-state index contributed by atoms with van der Waals surface area (Å²) in [5.74, 6) is 0. The van der Waals surface area contributed by atoms with Crippen molar-refractivity contribution >= 4 is 23.3 Å². The molecule has 1 heterocycles. The lowest BCUT2D eigenvalue weighted by atomic mass is 9.82. The predicted molar refractivity (Wildman–Crippen MR) is 88.9 cm³/mol. The normalized spacial score (nSPS) is 16.3. The van der Waals surface area contributed by atoms with Crippen molar-refractivity contribution in [1.82, 2.24) is 0 Å². The summed E-state index contributed by atoms with van der Waals surface area (Å²) in [5, 5.41) is 4.40. The fraction of sp³-hybridized carbons (Fsp3) is 0.222. The van der Waals surface area contributed by atoms with Crippen molar-refractivity contribution in [2.24, 2.45) is 5.10 Å². The van der Waals surface area contributed by atoms with Crippen LogP contribution >= 0.6 is 0 Å². The van der Waals surface area contributed by atoms with Gasteiger partial charge in [0, 0.05) is 11.6 Å². The Labute approximate surface area is 125 Å². The lowest BCUT2D eigenvalue weighted by Crippen LogP contribution is -2.30. The molecule has 0 saturated carbocycles. The molecule has 1 aliphatic heterocycles. The number of nitrogens with one attached hydrogen (secondary N) is 1. The molecule has 0 fully saturated rings. The summed E-state index contributed by atoms with van der Waals surface area (Å²) in [5.41, 5.74) is 7.82. The van der Waals surface area contributed by atoms with Crippen LogP contribution in [0.25, 0.3) is 0 Å². The number of hydrazone groups is 1. The SMILES string of the molecule is C[N+]1=C(C=NNc2ccccc2)C(C)(C)c2ccccc21. The molecule has 0 atom stereocenters. The van der Waals surface area contributed by atoms with Gasteiger partial charge in [0.15, 0.2) is 0 Å². The zero-order valence-corrected chi connectivity index (χ0v) is 12.7. The lowest BCUT2D eigenvalue weighted by Gasteiger charge is -2.14. The van der Waals surface area contributed by atoms with Gasteiger partial charge in [0.1, 0.15) is 13.3 Å². The highest BCUT2D eigenvalue weighted by atomic mass is 15.3. The molecule has 0 unspecified atom stereocenters. The Morgan fingerprint density at radius 1 is 1.00 bits per heavy atom. The third kappa shape index (κ3) is 2.35. The smallest absolute Gasteiger partial charge is 0.212 e. The van der Waals surface area contributed by atoms with Gasteiger partial charge in [-0.05, 0) is 26.0 Å². The molecule has 3 heteroatoms. The summed E-state index contributed by atoms with van der Waals surface area (Å²) in [6, 6.07) is 18.5. The molecular formula is C18H20N3+. The Bertz CT molecular complexity index is 712. The first-order valence-corrected chi connectivity index (χ1v) is 7.15. The Hall–Kier alpha value is -2.42. The minimum Gasteiger partial charge on any atom is -0.278 e. The maximum Gasteiger partial charge on any atom is 0.212 e. The van der Waals surface area contributed by atoms with E-state index < -0.39 is 0 Å². The van der Waals surface area contributed by atoms with Crippen molar-refractivity contribution in [1.29, 1.82) is 0 Å². The van der Waals surface area contributed by atoms with Crippen LogP contribution < -0.4 is 5.43 Å². The summed E-state index contributed by atoms with van der Waals surface area (Å²) >= 11 is 0. The van der Waals surface area contributed by atoms with Crippen LogP contribution in [0.1, 0.15) is 19.4 Å². The molecule has 2 aromatic rings. The van der Waals surface area contributed by atoms with E-state index in [0.717, 1.165) is 5.69 Å². The monoisotopic (exact) mass is 278 g/mol. The molecule has 0 saturated heterocycles. The Morgan fingerprint density at radius 2 is 1.67 bits per heavy atom. The van der Waals surface area contributed by atoms with Gasteiger partial charge in [-0.25, -0.2) is 0 Å². The molecule has 0 amide bonds. The standard InChI is InChI=1S/C18H19N3/c1-18(2)15-11-7-8-12-16(15)21(3)17(18)13-19-20-14-9-5-4-6-10-14/h4-13H,1-3H3/p+1. The van der Waals surface area contributed by atoms with Gasteiger partial charge >= 0.3 is 0 Å². The maximum atomic E-state index is 4.40. The highest BCUT2D eigenvalue weighted by Crippen LogP contribution is 2.37. The number of anilines is 1. The van der Waals surface area contributed by atoms with Gasteiger partial charge in [-0.2, -0.15) is 9.68 Å². The first-order valence-electron chi connectivity index (χ1n) is 7.15. The van der Waals surface area contributed by atoms with Gasteiger partial charge in [-0.3, -0.25) is 5.43 Å². The Balaban J connectivity index is 1.88. The molecule has 3 nitrogen and oxygen atoms in total. The van der Waals surface area contributed by atoms with Crippen molar-refractivity contribution in [2.75, 3.05) is 12.5 Å². The van der Waals surface area contributed by atoms with Crippen LogP contribution in [-0.4, -0.2) is 23.5 Å². The van der Waals surface area contributed by atoms with E-state index in [1.165, 1.54) is 17.0 Å². The van der Waals surface area contributed by atoms with Gasteiger partial charge in [0.05, 0.1) is 11.1 Å². The second-order valence-electron chi connectivity index (χ2n) is 5.82. The molecule has 3 rings (SSSR count). The molecule has 0 spiro atoms. The molecular weight excluding hydrogens is 258 g/mol. The Kier molecular flexibility index (Phi) is 3.34. The molecule has 0 radical (unpaired) electrons. The van der Waals surface area contributed by atoms with E-state index in [9.17, 15) is 0 Å².